The van der Waals surface area contributed by atoms with E-state index >= 15 is 0 Å². The zero-order valence-corrected chi connectivity index (χ0v) is 19.3. The maximum absolute atomic E-state index is 13.8. The van der Waals surface area contributed by atoms with Crippen molar-refractivity contribution in [3.05, 3.63) is 0 Å². The largest absolute Gasteiger partial charge is 0.394 e. The van der Waals surface area contributed by atoms with Crippen LogP contribution in [0.25, 0.3) is 0 Å². The Hall–Kier alpha value is -1.28. The molecule has 7 atom stereocenters. The van der Waals surface area contributed by atoms with Crippen LogP contribution in [0, 0.1) is 23.7 Å². The van der Waals surface area contributed by atoms with Crippen molar-refractivity contribution in [2.75, 3.05) is 13.7 Å². The lowest BCUT2D eigenvalue weighted by Gasteiger charge is -2.41. The Bertz CT molecular complexity index is 707. The van der Waals surface area contributed by atoms with Gasteiger partial charge in [-0.2, -0.15) is 0 Å². The molecule has 164 valence electrons. The molecule has 3 fully saturated rings. The molecule has 0 saturated carbocycles. The van der Waals surface area contributed by atoms with E-state index in [9.17, 15) is 19.5 Å². The Kier molecular flexibility index (Phi) is 5.75. The maximum atomic E-state index is 13.8. The van der Waals surface area contributed by atoms with Gasteiger partial charge in [0.2, 0.25) is 17.7 Å². The second-order valence-electron chi connectivity index (χ2n) is 10.1. The van der Waals surface area contributed by atoms with Gasteiger partial charge < -0.3 is 20.6 Å². The molecular weight excluding hydrogens is 390 g/mol. The molecule has 3 unspecified atom stereocenters. The second kappa shape index (κ2) is 7.45. The molecule has 3 amide bonds. The molecule has 3 aliphatic rings. The number of carbonyl (C=O) groups excluding carboxylic acids is 3. The minimum Gasteiger partial charge on any atom is -0.394 e. The highest BCUT2D eigenvalue weighted by molar-refractivity contribution is 8.02. The predicted octanol–water partition coefficient (Wildman–Crippen LogP) is 1.00. The molecule has 1 spiro atoms. The number of nitrogens with zero attached hydrogens (tertiary/aromatic N) is 1. The molecule has 7 nitrogen and oxygen atoms in total. The highest BCUT2D eigenvalue weighted by atomic mass is 32.2. The number of aliphatic hydroxyl groups excluding tert-OH is 1. The molecule has 3 heterocycles. The Balaban J connectivity index is 2.14. The summed E-state index contributed by atoms with van der Waals surface area (Å²) in [7, 11) is 1.60. The van der Waals surface area contributed by atoms with Gasteiger partial charge >= 0.3 is 0 Å². The first-order valence-corrected chi connectivity index (χ1v) is 11.4. The molecule has 3 N–H and O–H groups in total. The summed E-state index contributed by atoms with van der Waals surface area (Å²) in [5.41, 5.74) is -0.447. The van der Waals surface area contributed by atoms with Gasteiger partial charge in [0.25, 0.3) is 0 Å². The van der Waals surface area contributed by atoms with Crippen LogP contribution >= 0.6 is 11.8 Å². The fourth-order valence-corrected chi connectivity index (χ4v) is 8.05. The SMILES string of the molecule is CNC(=O)[C@@H]1[C@H]2C(=O)N([C@@H](CO)C(C)C)C(C(=O)NC(C)(C)C)C23S[C@@H]1CC3C. The average molecular weight is 426 g/mol. The van der Waals surface area contributed by atoms with Gasteiger partial charge in [-0.05, 0) is 39.0 Å². The first-order valence-electron chi connectivity index (χ1n) is 10.5. The lowest BCUT2D eigenvalue weighted by Crippen LogP contribution is -2.61. The number of likely N-dealkylation sites (tertiary alicyclic amines) is 1. The first-order chi connectivity index (χ1) is 13.4. The molecule has 3 rings (SSSR count). The third-order valence-electron chi connectivity index (χ3n) is 6.79. The van der Waals surface area contributed by atoms with E-state index in [4.69, 9.17) is 0 Å². The smallest absolute Gasteiger partial charge is 0.244 e. The number of aliphatic hydroxyl groups is 1. The molecule has 0 aliphatic carbocycles. The van der Waals surface area contributed by atoms with E-state index in [-0.39, 0.29) is 41.4 Å². The van der Waals surface area contributed by atoms with Gasteiger partial charge in [0.15, 0.2) is 0 Å². The van der Waals surface area contributed by atoms with Crippen molar-refractivity contribution in [1.82, 2.24) is 15.5 Å². The maximum Gasteiger partial charge on any atom is 0.244 e. The molecule has 29 heavy (non-hydrogen) atoms. The number of nitrogens with one attached hydrogen (secondary N) is 2. The monoisotopic (exact) mass is 425 g/mol. The number of hydrogen-bond donors (Lipinski definition) is 3. The molecule has 0 aromatic carbocycles. The van der Waals surface area contributed by atoms with Crippen molar-refractivity contribution in [1.29, 1.82) is 0 Å². The number of thioether (sulfide) groups is 1. The third-order valence-corrected chi connectivity index (χ3v) is 8.87. The van der Waals surface area contributed by atoms with Crippen molar-refractivity contribution >= 4 is 29.5 Å². The summed E-state index contributed by atoms with van der Waals surface area (Å²) in [6.07, 6.45) is 0.811. The minimum absolute atomic E-state index is 0.0138. The van der Waals surface area contributed by atoms with Gasteiger partial charge in [-0.3, -0.25) is 14.4 Å². The fourth-order valence-electron chi connectivity index (χ4n) is 5.64. The van der Waals surface area contributed by atoms with Crippen molar-refractivity contribution < 1.29 is 19.5 Å². The van der Waals surface area contributed by atoms with Crippen LogP contribution in [-0.2, 0) is 14.4 Å². The number of rotatable bonds is 5. The Morgan fingerprint density at radius 1 is 1.31 bits per heavy atom. The Morgan fingerprint density at radius 2 is 1.93 bits per heavy atom. The van der Waals surface area contributed by atoms with Crippen molar-refractivity contribution in [3.8, 4) is 0 Å². The van der Waals surface area contributed by atoms with E-state index < -0.39 is 34.2 Å². The third kappa shape index (κ3) is 3.26. The second-order valence-corrected chi connectivity index (χ2v) is 11.7. The molecular formula is C21H35N3O4S. The van der Waals surface area contributed by atoms with Gasteiger partial charge in [-0.15, -0.1) is 11.8 Å². The van der Waals surface area contributed by atoms with E-state index in [1.807, 2.05) is 34.6 Å². The number of amides is 3. The van der Waals surface area contributed by atoms with Crippen LogP contribution in [-0.4, -0.2) is 69.0 Å². The molecule has 2 bridgehead atoms. The highest BCUT2D eigenvalue weighted by Crippen LogP contribution is 2.68. The summed E-state index contributed by atoms with van der Waals surface area (Å²) >= 11 is 1.65. The molecule has 0 aromatic heterocycles. The standard InChI is InChI=1S/C21H35N3O4S/c1-10(2)12(9-25)24-16(18(27)23-20(4,5)6)21-11(3)8-13(29-21)14(17(26)22-7)15(21)19(24)28/h10-16,25H,8-9H2,1-7H3,(H,22,26)(H,23,27)/t11?,12-,13+,14-,15-,16?,21?/m0/s1. The van der Waals surface area contributed by atoms with Gasteiger partial charge in [0, 0.05) is 17.8 Å². The van der Waals surface area contributed by atoms with Crippen molar-refractivity contribution in [2.45, 2.75) is 75.6 Å². The first kappa shape index (κ1) is 22.4. The van der Waals surface area contributed by atoms with Gasteiger partial charge in [-0.1, -0.05) is 20.8 Å². The quantitative estimate of drug-likeness (QED) is 0.610. The normalized spacial score (nSPS) is 37.1. The zero-order chi connectivity index (χ0) is 21.9. The zero-order valence-electron chi connectivity index (χ0n) is 18.5. The van der Waals surface area contributed by atoms with Crippen LogP contribution in [0.4, 0.5) is 0 Å². The summed E-state index contributed by atoms with van der Waals surface area (Å²) in [6.45, 7) is 11.5. The topological polar surface area (TPSA) is 98.7 Å². The summed E-state index contributed by atoms with van der Waals surface area (Å²) in [4.78, 5) is 41.7. The van der Waals surface area contributed by atoms with Crippen LogP contribution < -0.4 is 10.6 Å². The summed E-state index contributed by atoms with van der Waals surface area (Å²) in [5.74, 6) is -1.34. The minimum atomic E-state index is -0.696. The Morgan fingerprint density at radius 3 is 2.41 bits per heavy atom. The predicted molar refractivity (Wildman–Crippen MR) is 113 cm³/mol. The van der Waals surface area contributed by atoms with Gasteiger partial charge in [0.05, 0.1) is 29.2 Å². The fraction of sp³-hybridized carbons (Fsp3) is 0.857. The molecule has 0 radical (unpaired) electrons. The molecule has 0 aromatic rings. The van der Waals surface area contributed by atoms with Gasteiger partial charge in [0.1, 0.15) is 6.04 Å². The number of fused-ring (bicyclic) bond motifs is 1. The molecule has 3 aliphatic heterocycles. The lowest BCUT2D eigenvalue weighted by atomic mass is 9.66. The summed E-state index contributed by atoms with van der Waals surface area (Å²) in [6, 6.07) is -1.16. The van der Waals surface area contributed by atoms with Crippen molar-refractivity contribution in [2.24, 2.45) is 23.7 Å². The van der Waals surface area contributed by atoms with Crippen molar-refractivity contribution in [3.63, 3.8) is 0 Å². The van der Waals surface area contributed by atoms with Crippen LogP contribution in [0.1, 0.15) is 48.0 Å². The highest BCUT2D eigenvalue weighted by Gasteiger charge is 2.76. The lowest BCUT2D eigenvalue weighted by molar-refractivity contribution is -0.144. The van der Waals surface area contributed by atoms with E-state index in [2.05, 4.69) is 17.6 Å². The molecule has 8 heteroatoms. The van der Waals surface area contributed by atoms with E-state index in [1.54, 1.807) is 23.7 Å². The van der Waals surface area contributed by atoms with E-state index in [0.29, 0.717) is 0 Å². The summed E-state index contributed by atoms with van der Waals surface area (Å²) < 4.78 is -0.642. The number of carbonyl (C=O) groups is 3. The van der Waals surface area contributed by atoms with Gasteiger partial charge in [-0.25, -0.2) is 0 Å². The van der Waals surface area contributed by atoms with Crippen LogP contribution in [0.3, 0.4) is 0 Å². The molecule has 3 saturated heterocycles. The number of hydrogen-bond acceptors (Lipinski definition) is 5. The van der Waals surface area contributed by atoms with Crippen LogP contribution in [0.5, 0.6) is 0 Å². The van der Waals surface area contributed by atoms with E-state index in [0.717, 1.165) is 6.42 Å². The van der Waals surface area contributed by atoms with Crippen LogP contribution in [0.2, 0.25) is 0 Å². The van der Waals surface area contributed by atoms with Crippen LogP contribution in [0.15, 0.2) is 0 Å². The average Bonchev–Trinajstić information content (AvgIpc) is 3.18. The Labute approximate surface area is 177 Å². The summed E-state index contributed by atoms with van der Waals surface area (Å²) in [5, 5.41) is 15.9. The van der Waals surface area contributed by atoms with E-state index in [1.165, 1.54) is 0 Å².